The van der Waals surface area contributed by atoms with Gasteiger partial charge in [0.2, 0.25) is 5.91 Å². The average molecular weight is 407 g/mol. The lowest BCUT2D eigenvalue weighted by atomic mass is 10.2. The molecule has 0 fully saturated rings. The van der Waals surface area contributed by atoms with E-state index < -0.39 is 5.91 Å². The van der Waals surface area contributed by atoms with E-state index in [2.05, 4.69) is 16.6 Å². The van der Waals surface area contributed by atoms with Crippen LogP contribution in [-0.2, 0) is 4.79 Å². The fraction of sp³-hybridized carbons (Fsp3) is 0.0952. The molecule has 8 heteroatoms. The number of amides is 3. The summed E-state index contributed by atoms with van der Waals surface area (Å²) in [4.78, 5) is 38.8. The van der Waals surface area contributed by atoms with Gasteiger partial charge >= 0.3 is 0 Å². The molecule has 2 heterocycles. The van der Waals surface area contributed by atoms with Crippen molar-refractivity contribution in [1.82, 2.24) is 5.32 Å². The van der Waals surface area contributed by atoms with Crippen molar-refractivity contribution in [3.8, 4) is 12.3 Å². The van der Waals surface area contributed by atoms with Crippen molar-refractivity contribution < 1.29 is 18.8 Å². The van der Waals surface area contributed by atoms with Gasteiger partial charge in [-0.3, -0.25) is 19.3 Å². The standard InChI is InChI=1S/C21H17N3O4S/c1-3-14-6-4-7-15(12-14)24(13-18(25)22-2)21(27)17-9-10-19(29-17)23-20(26)16-8-5-11-28-16/h1,4-12H,13H2,2H3,(H,22,25)(H,23,26). The Labute approximate surface area is 171 Å². The monoisotopic (exact) mass is 407 g/mol. The van der Waals surface area contributed by atoms with E-state index in [1.807, 2.05) is 0 Å². The highest BCUT2D eigenvalue weighted by Crippen LogP contribution is 2.26. The number of hydrogen-bond acceptors (Lipinski definition) is 5. The van der Waals surface area contributed by atoms with Crippen LogP contribution in [-0.4, -0.2) is 31.3 Å². The van der Waals surface area contributed by atoms with Gasteiger partial charge in [0.1, 0.15) is 6.54 Å². The molecule has 29 heavy (non-hydrogen) atoms. The molecule has 0 saturated heterocycles. The summed E-state index contributed by atoms with van der Waals surface area (Å²) in [6.07, 6.45) is 6.85. The van der Waals surface area contributed by atoms with Crippen LogP contribution in [0.4, 0.5) is 10.7 Å². The minimum absolute atomic E-state index is 0.165. The molecule has 2 aromatic heterocycles. The van der Waals surface area contributed by atoms with E-state index in [0.29, 0.717) is 21.1 Å². The summed E-state index contributed by atoms with van der Waals surface area (Å²) in [5, 5.41) is 5.67. The number of rotatable bonds is 6. The number of thiophene rings is 1. The normalized spacial score (nSPS) is 10.1. The number of likely N-dealkylation sites (N-methyl/N-ethyl adjacent to an activating group) is 1. The zero-order valence-electron chi connectivity index (χ0n) is 15.5. The van der Waals surface area contributed by atoms with Crippen LogP contribution < -0.4 is 15.5 Å². The van der Waals surface area contributed by atoms with E-state index in [0.717, 1.165) is 11.3 Å². The zero-order chi connectivity index (χ0) is 20.8. The second-order valence-corrected chi connectivity index (χ2v) is 6.94. The Kier molecular flexibility index (Phi) is 6.12. The number of hydrogen-bond donors (Lipinski definition) is 2. The van der Waals surface area contributed by atoms with Crippen molar-refractivity contribution in [3.05, 3.63) is 71.0 Å². The molecule has 146 valence electrons. The van der Waals surface area contributed by atoms with Crippen LogP contribution in [0.15, 0.2) is 59.2 Å². The highest BCUT2D eigenvalue weighted by Gasteiger charge is 2.22. The lowest BCUT2D eigenvalue weighted by molar-refractivity contribution is -0.119. The number of nitrogens with one attached hydrogen (secondary N) is 2. The maximum Gasteiger partial charge on any atom is 0.291 e. The van der Waals surface area contributed by atoms with Crippen molar-refractivity contribution in [2.24, 2.45) is 0 Å². The molecule has 2 N–H and O–H groups in total. The smallest absolute Gasteiger partial charge is 0.291 e. The first-order chi connectivity index (χ1) is 14.0. The summed E-state index contributed by atoms with van der Waals surface area (Å²) in [5.74, 6) is 1.55. The molecule has 3 aromatic rings. The van der Waals surface area contributed by atoms with Gasteiger partial charge in [0.05, 0.1) is 16.1 Å². The van der Waals surface area contributed by atoms with Crippen molar-refractivity contribution in [3.63, 3.8) is 0 Å². The third-order valence-electron chi connectivity index (χ3n) is 3.95. The van der Waals surface area contributed by atoms with E-state index in [9.17, 15) is 14.4 Å². The number of terminal acetylenes is 1. The Morgan fingerprint density at radius 1 is 1.17 bits per heavy atom. The number of nitrogens with zero attached hydrogens (tertiary/aromatic N) is 1. The summed E-state index contributed by atoms with van der Waals surface area (Å²) in [5.41, 5.74) is 1.10. The fourth-order valence-electron chi connectivity index (χ4n) is 2.50. The molecular weight excluding hydrogens is 390 g/mol. The molecule has 3 rings (SSSR count). The van der Waals surface area contributed by atoms with Gasteiger partial charge in [-0.15, -0.1) is 17.8 Å². The van der Waals surface area contributed by atoms with Crippen LogP contribution in [0.25, 0.3) is 0 Å². The first kappa shape index (κ1) is 19.9. The first-order valence-corrected chi connectivity index (χ1v) is 9.37. The number of anilines is 2. The van der Waals surface area contributed by atoms with Crippen LogP contribution in [0.3, 0.4) is 0 Å². The molecule has 1 aromatic carbocycles. The van der Waals surface area contributed by atoms with E-state index >= 15 is 0 Å². The van der Waals surface area contributed by atoms with Gasteiger partial charge in [-0.2, -0.15) is 0 Å². The Hall–Kier alpha value is -3.83. The summed E-state index contributed by atoms with van der Waals surface area (Å²) in [7, 11) is 1.50. The minimum atomic E-state index is -0.417. The van der Waals surface area contributed by atoms with Crippen LogP contribution in [0, 0.1) is 12.3 Å². The summed E-state index contributed by atoms with van der Waals surface area (Å²) in [6.45, 7) is -0.171. The van der Waals surface area contributed by atoms with E-state index in [-0.39, 0.29) is 24.1 Å². The molecule has 0 saturated carbocycles. The number of carbonyl (C=O) groups excluding carboxylic acids is 3. The van der Waals surface area contributed by atoms with Crippen molar-refractivity contribution in [2.45, 2.75) is 0 Å². The summed E-state index contributed by atoms with van der Waals surface area (Å²) in [6, 6.07) is 13.2. The van der Waals surface area contributed by atoms with Crippen LogP contribution in [0.5, 0.6) is 0 Å². The van der Waals surface area contributed by atoms with Gasteiger partial charge in [0.15, 0.2) is 5.76 Å². The van der Waals surface area contributed by atoms with Gasteiger partial charge in [-0.05, 0) is 42.5 Å². The van der Waals surface area contributed by atoms with Crippen molar-refractivity contribution >= 4 is 39.7 Å². The quantitative estimate of drug-likeness (QED) is 0.615. The van der Waals surface area contributed by atoms with Crippen LogP contribution in [0.2, 0.25) is 0 Å². The molecule has 0 unspecified atom stereocenters. The molecule has 0 aliphatic rings. The maximum atomic E-state index is 13.1. The molecule has 0 bridgehead atoms. The molecule has 0 aliphatic heterocycles. The second kappa shape index (κ2) is 8.91. The lowest BCUT2D eigenvalue weighted by Gasteiger charge is -2.21. The Morgan fingerprint density at radius 3 is 2.69 bits per heavy atom. The van der Waals surface area contributed by atoms with Gasteiger partial charge < -0.3 is 15.1 Å². The summed E-state index contributed by atoms with van der Waals surface area (Å²) < 4.78 is 5.05. The molecule has 0 spiro atoms. The predicted octanol–water partition coefficient (Wildman–Crippen LogP) is 2.97. The van der Waals surface area contributed by atoms with Crippen molar-refractivity contribution in [1.29, 1.82) is 0 Å². The van der Waals surface area contributed by atoms with E-state index in [4.69, 9.17) is 10.8 Å². The van der Waals surface area contributed by atoms with E-state index in [1.54, 1.807) is 48.5 Å². The SMILES string of the molecule is C#Cc1cccc(N(CC(=O)NC)C(=O)c2ccc(NC(=O)c3ccco3)s2)c1. The number of carbonyl (C=O) groups is 3. The average Bonchev–Trinajstić information content (AvgIpc) is 3.43. The molecule has 0 atom stereocenters. The summed E-state index contributed by atoms with van der Waals surface area (Å²) >= 11 is 1.10. The third-order valence-corrected chi connectivity index (χ3v) is 4.94. The Morgan fingerprint density at radius 2 is 2.00 bits per heavy atom. The van der Waals surface area contributed by atoms with Gasteiger partial charge in [0, 0.05) is 18.3 Å². The minimum Gasteiger partial charge on any atom is -0.459 e. The molecular formula is C21H17N3O4S. The highest BCUT2D eigenvalue weighted by molar-refractivity contribution is 7.18. The lowest BCUT2D eigenvalue weighted by Crippen LogP contribution is -2.39. The second-order valence-electron chi connectivity index (χ2n) is 5.85. The number of furan rings is 1. The molecule has 7 nitrogen and oxygen atoms in total. The van der Waals surface area contributed by atoms with Gasteiger partial charge in [-0.1, -0.05) is 12.0 Å². The predicted molar refractivity (Wildman–Crippen MR) is 111 cm³/mol. The van der Waals surface area contributed by atoms with Gasteiger partial charge in [-0.25, -0.2) is 0 Å². The van der Waals surface area contributed by atoms with E-state index in [1.165, 1.54) is 18.2 Å². The zero-order valence-corrected chi connectivity index (χ0v) is 16.3. The Bertz CT molecular complexity index is 1080. The van der Waals surface area contributed by atoms with Crippen LogP contribution in [0.1, 0.15) is 25.8 Å². The molecule has 0 radical (unpaired) electrons. The maximum absolute atomic E-state index is 13.1. The van der Waals surface area contributed by atoms with Gasteiger partial charge in [0.25, 0.3) is 11.8 Å². The number of benzene rings is 1. The van der Waals surface area contributed by atoms with Crippen molar-refractivity contribution in [2.75, 3.05) is 23.8 Å². The van der Waals surface area contributed by atoms with Crippen LogP contribution >= 0.6 is 11.3 Å². The molecule has 3 amide bonds. The molecule has 0 aliphatic carbocycles. The third kappa shape index (κ3) is 4.72. The first-order valence-electron chi connectivity index (χ1n) is 8.55. The highest BCUT2D eigenvalue weighted by atomic mass is 32.1. The Balaban J connectivity index is 1.84. The topological polar surface area (TPSA) is 91.7 Å². The largest absolute Gasteiger partial charge is 0.459 e. The fourth-order valence-corrected chi connectivity index (χ4v) is 3.35.